The van der Waals surface area contributed by atoms with Gasteiger partial charge in [-0.1, -0.05) is 5.21 Å². The van der Waals surface area contributed by atoms with E-state index in [0.717, 1.165) is 5.56 Å². The van der Waals surface area contributed by atoms with Gasteiger partial charge in [0.1, 0.15) is 11.8 Å². The second-order valence-electron chi connectivity index (χ2n) is 5.11. The predicted molar refractivity (Wildman–Crippen MR) is 70.7 cm³/mol. The average Bonchev–Trinajstić information content (AvgIpc) is 3.01. The summed E-state index contributed by atoms with van der Waals surface area (Å²) < 4.78 is 1.70. The van der Waals surface area contributed by atoms with Gasteiger partial charge in [-0.15, -0.1) is 5.10 Å². The number of nitrogens with zero attached hydrogens (tertiary/aromatic N) is 4. The number of pyridine rings is 1. The third-order valence-electron chi connectivity index (χ3n) is 3.62. The summed E-state index contributed by atoms with van der Waals surface area (Å²) in [6, 6.07) is 3.28. The average molecular weight is 275 g/mol. The minimum atomic E-state index is -0.865. The van der Waals surface area contributed by atoms with E-state index in [4.69, 9.17) is 0 Å². The van der Waals surface area contributed by atoms with Gasteiger partial charge >= 0.3 is 0 Å². The molecule has 20 heavy (non-hydrogen) atoms. The first-order valence-corrected chi connectivity index (χ1v) is 6.56. The second-order valence-corrected chi connectivity index (χ2v) is 5.11. The van der Waals surface area contributed by atoms with Crippen molar-refractivity contribution in [2.45, 2.75) is 37.8 Å². The highest BCUT2D eigenvalue weighted by Crippen LogP contribution is 2.25. The van der Waals surface area contributed by atoms with E-state index in [9.17, 15) is 10.2 Å². The topological polar surface area (TPSA) is 96.1 Å². The zero-order valence-corrected chi connectivity index (χ0v) is 11.1. The zero-order chi connectivity index (χ0) is 14.1. The minimum Gasteiger partial charge on any atom is -0.389 e. The van der Waals surface area contributed by atoms with E-state index in [1.165, 1.54) is 0 Å². The Morgan fingerprint density at radius 3 is 2.65 bits per heavy atom. The Bertz CT molecular complexity index is 573. The molecule has 0 aromatic carbocycles. The van der Waals surface area contributed by atoms with Gasteiger partial charge in [0.05, 0.1) is 24.9 Å². The van der Waals surface area contributed by atoms with Crippen LogP contribution in [0.15, 0.2) is 30.7 Å². The Hall–Kier alpha value is -1.83. The first-order valence-electron chi connectivity index (χ1n) is 6.56. The summed E-state index contributed by atoms with van der Waals surface area (Å²) in [4.78, 5) is 3.97. The van der Waals surface area contributed by atoms with Crippen LogP contribution in [-0.4, -0.2) is 48.4 Å². The summed E-state index contributed by atoms with van der Waals surface area (Å²) in [5, 5.41) is 31.0. The number of aromatic nitrogens is 4. The molecule has 1 saturated heterocycles. The van der Waals surface area contributed by atoms with Crippen LogP contribution in [0.4, 0.5) is 0 Å². The van der Waals surface area contributed by atoms with Crippen LogP contribution < -0.4 is 5.32 Å². The summed E-state index contributed by atoms with van der Waals surface area (Å²) in [5.41, 5.74) is 1.71. The highest BCUT2D eigenvalue weighted by atomic mass is 16.3. The molecule has 1 aliphatic heterocycles. The number of aliphatic hydroxyl groups excluding tert-OH is 2. The standard InChI is InChI=1S/C13H17N5O2/c1-8-12(19)13(20)11(15-8)10-7-18(17-16-10)6-9-2-4-14-5-3-9/h2-5,7-8,11-13,15,19-20H,6H2,1H3/t8-,11-,12+,13-/m0/s1. The highest BCUT2D eigenvalue weighted by molar-refractivity contribution is 5.13. The van der Waals surface area contributed by atoms with E-state index < -0.39 is 12.2 Å². The van der Waals surface area contributed by atoms with Gasteiger partial charge in [0.15, 0.2) is 0 Å². The smallest absolute Gasteiger partial charge is 0.102 e. The molecule has 106 valence electrons. The predicted octanol–water partition coefficient (Wildman–Crippen LogP) is -0.524. The molecule has 1 fully saturated rings. The van der Waals surface area contributed by atoms with Gasteiger partial charge in [-0.05, 0) is 24.6 Å². The van der Waals surface area contributed by atoms with Crippen LogP contribution in [0.25, 0.3) is 0 Å². The van der Waals surface area contributed by atoms with E-state index in [2.05, 4.69) is 20.6 Å². The summed E-state index contributed by atoms with van der Waals surface area (Å²) in [6.45, 7) is 2.42. The maximum absolute atomic E-state index is 9.98. The molecule has 0 amide bonds. The van der Waals surface area contributed by atoms with Crippen molar-refractivity contribution in [3.8, 4) is 0 Å². The highest BCUT2D eigenvalue weighted by Gasteiger charge is 2.40. The van der Waals surface area contributed by atoms with Gasteiger partial charge in [-0.25, -0.2) is 4.68 Å². The number of hydrogen-bond acceptors (Lipinski definition) is 6. The first-order chi connectivity index (χ1) is 9.65. The van der Waals surface area contributed by atoms with Gasteiger partial charge in [-0.3, -0.25) is 4.98 Å². The van der Waals surface area contributed by atoms with Crippen LogP contribution >= 0.6 is 0 Å². The molecule has 7 heteroatoms. The molecule has 3 rings (SSSR count). The molecule has 0 spiro atoms. The van der Waals surface area contributed by atoms with Crippen LogP contribution in [0, 0.1) is 0 Å². The maximum Gasteiger partial charge on any atom is 0.102 e. The van der Waals surface area contributed by atoms with Crippen molar-refractivity contribution in [3.05, 3.63) is 42.0 Å². The number of aliphatic hydroxyl groups is 2. The fraction of sp³-hybridized carbons (Fsp3) is 0.462. The van der Waals surface area contributed by atoms with Crippen LogP contribution in [-0.2, 0) is 6.54 Å². The van der Waals surface area contributed by atoms with Crippen molar-refractivity contribution < 1.29 is 10.2 Å². The fourth-order valence-corrected chi connectivity index (χ4v) is 2.44. The van der Waals surface area contributed by atoms with Crippen LogP contribution in [0.2, 0.25) is 0 Å². The SMILES string of the molecule is C[C@@H]1N[C@@H](c2cn(Cc3ccncc3)nn2)[C@H](O)[C@@H]1O. The van der Waals surface area contributed by atoms with Crippen LogP contribution in [0.1, 0.15) is 24.2 Å². The summed E-state index contributed by atoms with van der Waals surface area (Å²) in [5.74, 6) is 0. The van der Waals surface area contributed by atoms with Gasteiger partial charge in [-0.2, -0.15) is 0 Å². The normalized spacial score (nSPS) is 29.8. The zero-order valence-electron chi connectivity index (χ0n) is 11.1. The molecule has 0 saturated carbocycles. The van der Waals surface area contributed by atoms with Gasteiger partial charge in [0, 0.05) is 18.4 Å². The maximum atomic E-state index is 9.98. The van der Waals surface area contributed by atoms with Gasteiger partial charge in [0.25, 0.3) is 0 Å². The molecule has 2 aromatic rings. The van der Waals surface area contributed by atoms with Gasteiger partial charge in [0.2, 0.25) is 0 Å². The Balaban J connectivity index is 1.74. The van der Waals surface area contributed by atoms with Crippen molar-refractivity contribution in [1.29, 1.82) is 0 Å². The van der Waals surface area contributed by atoms with E-state index >= 15 is 0 Å². The summed E-state index contributed by atoms with van der Waals surface area (Å²) in [7, 11) is 0. The van der Waals surface area contributed by atoms with Crippen LogP contribution in [0.5, 0.6) is 0 Å². The lowest BCUT2D eigenvalue weighted by molar-refractivity contribution is 0.0295. The molecule has 0 bridgehead atoms. The third-order valence-corrected chi connectivity index (χ3v) is 3.62. The van der Waals surface area contributed by atoms with Crippen LogP contribution in [0.3, 0.4) is 0 Å². The number of rotatable bonds is 3. The van der Waals surface area contributed by atoms with Gasteiger partial charge < -0.3 is 15.5 Å². The molecule has 3 N–H and O–H groups in total. The molecule has 2 aromatic heterocycles. The Kier molecular flexibility index (Phi) is 3.47. The quantitative estimate of drug-likeness (QED) is 0.697. The van der Waals surface area contributed by atoms with Crippen molar-refractivity contribution in [1.82, 2.24) is 25.3 Å². The Labute approximate surface area is 116 Å². The van der Waals surface area contributed by atoms with E-state index in [-0.39, 0.29) is 12.1 Å². The number of hydrogen-bond donors (Lipinski definition) is 3. The van der Waals surface area contributed by atoms with Crippen molar-refractivity contribution in [2.24, 2.45) is 0 Å². The van der Waals surface area contributed by atoms with Crippen molar-refractivity contribution >= 4 is 0 Å². The Morgan fingerprint density at radius 1 is 1.25 bits per heavy atom. The molecule has 3 heterocycles. The molecule has 1 aliphatic rings. The van der Waals surface area contributed by atoms with E-state index in [1.807, 2.05) is 19.1 Å². The molecule has 0 unspecified atom stereocenters. The van der Waals surface area contributed by atoms with E-state index in [0.29, 0.717) is 12.2 Å². The summed E-state index contributed by atoms with van der Waals surface area (Å²) >= 11 is 0. The summed E-state index contributed by atoms with van der Waals surface area (Å²) in [6.07, 6.45) is 3.59. The molecular weight excluding hydrogens is 258 g/mol. The van der Waals surface area contributed by atoms with Crippen molar-refractivity contribution in [2.75, 3.05) is 0 Å². The van der Waals surface area contributed by atoms with Crippen molar-refractivity contribution in [3.63, 3.8) is 0 Å². The van der Waals surface area contributed by atoms with E-state index in [1.54, 1.807) is 23.3 Å². The molecule has 0 aliphatic carbocycles. The lowest BCUT2D eigenvalue weighted by atomic mass is 10.1. The second kappa shape index (κ2) is 5.28. The molecular formula is C13H17N5O2. The first kappa shape index (κ1) is 13.2. The minimum absolute atomic E-state index is 0.166. The molecule has 0 radical (unpaired) electrons. The molecule has 7 nitrogen and oxygen atoms in total. The lowest BCUT2D eigenvalue weighted by Gasteiger charge is -2.12. The molecule has 4 atom stereocenters. The number of nitrogens with one attached hydrogen (secondary N) is 1. The fourth-order valence-electron chi connectivity index (χ4n) is 2.44. The monoisotopic (exact) mass is 275 g/mol. The Morgan fingerprint density at radius 2 is 2.00 bits per heavy atom. The largest absolute Gasteiger partial charge is 0.389 e. The third kappa shape index (κ3) is 2.43. The lowest BCUT2D eigenvalue weighted by Crippen LogP contribution is -2.29.